The second-order valence-electron chi connectivity index (χ2n) is 10.4. The first-order valence-corrected chi connectivity index (χ1v) is 14.3. The van der Waals surface area contributed by atoms with Gasteiger partial charge in [-0.15, -0.1) is 0 Å². The van der Waals surface area contributed by atoms with Gasteiger partial charge in [-0.2, -0.15) is 0 Å². The quantitative estimate of drug-likeness (QED) is 0.113. The molecule has 2 aliphatic heterocycles. The molecule has 4 rings (SSSR count). The van der Waals surface area contributed by atoms with Crippen molar-refractivity contribution in [1.82, 2.24) is 0 Å². The van der Waals surface area contributed by atoms with Crippen molar-refractivity contribution >= 4 is 35.8 Å². The highest BCUT2D eigenvalue weighted by atomic mass is 16.7. The van der Waals surface area contributed by atoms with Crippen LogP contribution in [-0.2, 0) is 38.1 Å². The number of carbonyl (C=O) groups is 6. The molecule has 10 atom stereocenters. The zero-order chi connectivity index (χ0) is 38.7. The summed E-state index contributed by atoms with van der Waals surface area (Å²) in [7, 11) is 0. The topological polar surface area (TPSA) is 351 Å². The molecule has 0 saturated carbocycles. The molecule has 2 aliphatic rings. The molecule has 0 amide bonds. The van der Waals surface area contributed by atoms with Crippen LogP contribution in [0.4, 0.5) is 0 Å². The second-order valence-corrected chi connectivity index (χ2v) is 10.4. The van der Waals surface area contributed by atoms with E-state index in [0.29, 0.717) is 0 Å². The lowest BCUT2D eigenvalue weighted by atomic mass is 9.99. The summed E-state index contributed by atoms with van der Waals surface area (Å²) in [4.78, 5) is 66.1. The maximum atomic E-state index is 12.2. The molecule has 10 N–H and O–H groups in total. The van der Waals surface area contributed by atoms with Gasteiger partial charge in [0.05, 0.1) is 0 Å². The standard InChI is InChI=1S/C15H16O10.C13H14O9.C2H4O2.2CH4/c1-6(16)23-8-5-3-2-4-7(8)14(22)25-15-11(19)9(17)10(18)12(24-15)13(20)21;14-6-4-2-1-3-5(6)12(20)22-13-9(17)7(15)8(16)10(21-13)11(18)19;1-2(3)4;;/h2-5,9-12,15,17-19H,1H3,(H,20,21);1-4,7-10,13-17H,(H,18,19);1H3,(H,3,4);2*1H4/t9-,10?,11+,12?,15+;7-,8?,9+,10?,13+;;;/m11.../s1. The van der Waals surface area contributed by atoms with Gasteiger partial charge in [0.15, 0.2) is 12.2 Å². The van der Waals surface area contributed by atoms with Crippen molar-refractivity contribution in [3.05, 3.63) is 59.7 Å². The number of carbonyl (C=O) groups excluding carboxylic acids is 3. The minimum absolute atomic E-state index is 0. The molecule has 2 heterocycles. The molecule has 0 aromatic heterocycles. The van der Waals surface area contributed by atoms with Crippen molar-refractivity contribution < 1.29 is 104 Å². The molecule has 21 heteroatoms. The van der Waals surface area contributed by atoms with E-state index in [1.165, 1.54) is 48.5 Å². The molecule has 296 valence electrons. The van der Waals surface area contributed by atoms with Gasteiger partial charge in [-0.25, -0.2) is 19.2 Å². The molecule has 0 bridgehead atoms. The van der Waals surface area contributed by atoms with E-state index in [4.69, 9.17) is 43.8 Å². The molecule has 2 saturated heterocycles. The third-order valence-electron chi connectivity index (χ3n) is 6.56. The molecular weight excluding hydrogens is 720 g/mol. The molecule has 4 unspecified atom stereocenters. The Hall–Kier alpha value is -5.26. The van der Waals surface area contributed by atoms with E-state index < -0.39 is 97.2 Å². The zero-order valence-electron chi connectivity index (χ0n) is 26.4. The number of phenols is 1. The van der Waals surface area contributed by atoms with E-state index in [9.17, 15) is 59.7 Å². The van der Waals surface area contributed by atoms with Crippen LogP contribution in [0.25, 0.3) is 0 Å². The van der Waals surface area contributed by atoms with Gasteiger partial charge < -0.3 is 74.7 Å². The Labute approximate surface area is 300 Å². The van der Waals surface area contributed by atoms with E-state index in [-0.39, 0.29) is 37.5 Å². The molecule has 2 fully saturated rings. The van der Waals surface area contributed by atoms with E-state index in [0.717, 1.165) is 13.8 Å². The van der Waals surface area contributed by atoms with Crippen molar-refractivity contribution in [2.24, 2.45) is 0 Å². The number of benzene rings is 2. The largest absolute Gasteiger partial charge is 0.507 e. The summed E-state index contributed by atoms with van der Waals surface area (Å²) in [5.74, 6) is -7.39. The number of ether oxygens (including phenoxy) is 5. The minimum atomic E-state index is -1.91. The first-order chi connectivity index (χ1) is 23.8. The minimum Gasteiger partial charge on any atom is -0.507 e. The van der Waals surface area contributed by atoms with Crippen LogP contribution in [0.1, 0.15) is 49.4 Å². The Morgan fingerprint density at radius 3 is 1.30 bits per heavy atom. The fourth-order valence-corrected chi connectivity index (χ4v) is 4.16. The maximum Gasteiger partial charge on any atom is 0.344 e. The monoisotopic (exact) mass is 762 g/mol. The molecule has 21 nitrogen and oxygen atoms in total. The number of carboxylic acid groups (broad SMARTS) is 3. The highest BCUT2D eigenvalue weighted by Gasteiger charge is 2.50. The number of hydrogen-bond donors (Lipinski definition) is 10. The highest BCUT2D eigenvalue weighted by Crippen LogP contribution is 2.27. The van der Waals surface area contributed by atoms with E-state index >= 15 is 0 Å². The van der Waals surface area contributed by atoms with Crippen molar-refractivity contribution in [3.63, 3.8) is 0 Å². The Morgan fingerprint density at radius 1 is 0.566 bits per heavy atom. The second kappa shape index (κ2) is 21.3. The summed E-state index contributed by atoms with van der Waals surface area (Å²) in [6.07, 6.45) is -18.7. The van der Waals surface area contributed by atoms with Crippen molar-refractivity contribution in [2.75, 3.05) is 0 Å². The maximum absolute atomic E-state index is 12.2. The number of rotatable bonds is 7. The number of phenolic OH excluding ortho intramolecular Hbond substituents is 1. The number of esters is 3. The molecule has 53 heavy (non-hydrogen) atoms. The first kappa shape index (κ1) is 47.7. The first-order valence-electron chi connectivity index (χ1n) is 14.3. The van der Waals surface area contributed by atoms with Gasteiger partial charge in [0.2, 0.25) is 12.6 Å². The normalized spacial score (nSPS) is 27.2. The molecule has 2 aromatic carbocycles. The predicted molar refractivity (Wildman–Crippen MR) is 172 cm³/mol. The Bertz CT molecular complexity index is 1560. The van der Waals surface area contributed by atoms with Gasteiger partial charge in [0.25, 0.3) is 5.97 Å². The van der Waals surface area contributed by atoms with Crippen molar-refractivity contribution in [2.45, 2.75) is 90.1 Å². The summed E-state index contributed by atoms with van der Waals surface area (Å²) in [5, 5.41) is 92.6. The lowest BCUT2D eigenvalue weighted by Gasteiger charge is -2.37. The molecule has 0 spiro atoms. The number of aromatic hydroxyl groups is 1. The summed E-state index contributed by atoms with van der Waals surface area (Å²) in [6, 6.07) is 11.0. The molecule has 2 aromatic rings. The fraction of sp³-hybridized carbons (Fsp3) is 0.438. The van der Waals surface area contributed by atoms with E-state index in [2.05, 4.69) is 0 Å². The van der Waals surface area contributed by atoms with Gasteiger partial charge in [-0.05, 0) is 24.3 Å². The van der Waals surface area contributed by atoms with Crippen LogP contribution in [0.3, 0.4) is 0 Å². The number of aliphatic hydroxyl groups is 6. The highest BCUT2D eigenvalue weighted by molar-refractivity contribution is 5.93. The number of aliphatic carboxylic acids is 3. The van der Waals surface area contributed by atoms with Gasteiger partial charge in [0.1, 0.15) is 59.2 Å². The van der Waals surface area contributed by atoms with Crippen LogP contribution in [0.15, 0.2) is 48.5 Å². The van der Waals surface area contributed by atoms with Gasteiger partial charge >= 0.3 is 29.8 Å². The molecular formula is C32H42O21. The summed E-state index contributed by atoms with van der Waals surface area (Å²) >= 11 is 0. The van der Waals surface area contributed by atoms with Crippen LogP contribution in [-0.4, -0.2) is 148 Å². The summed E-state index contributed by atoms with van der Waals surface area (Å²) in [5.41, 5.74) is -0.410. The number of aliphatic hydroxyl groups excluding tert-OH is 6. The Kier molecular flexibility index (Phi) is 19.2. The summed E-state index contributed by atoms with van der Waals surface area (Å²) in [6.45, 7) is 2.21. The predicted octanol–water partition coefficient (Wildman–Crippen LogP) is -1.53. The lowest BCUT2D eigenvalue weighted by molar-refractivity contribution is -0.278. The van der Waals surface area contributed by atoms with Crippen molar-refractivity contribution in [1.29, 1.82) is 0 Å². The zero-order valence-corrected chi connectivity index (χ0v) is 26.4. The molecule has 0 aliphatic carbocycles. The van der Waals surface area contributed by atoms with Crippen LogP contribution in [0, 0.1) is 0 Å². The van der Waals surface area contributed by atoms with Crippen LogP contribution in [0.5, 0.6) is 11.5 Å². The third-order valence-corrected chi connectivity index (χ3v) is 6.56. The number of para-hydroxylation sites is 2. The SMILES string of the molecule is C.C.CC(=O)O.CC(=O)Oc1ccccc1C(=O)O[C@@H]1OC(C(=O)O)C(O)[C@@H](O)[C@@H]1O.O=C(O[C@@H]1OC(C(=O)O)C(O)[C@@H](O)[C@@H]1O)c1ccccc1O. The Balaban J connectivity index is 0.000000901. The van der Waals surface area contributed by atoms with Gasteiger partial charge in [-0.3, -0.25) is 9.59 Å². The van der Waals surface area contributed by atoms with E-state index in [1.54, 1.807) is 0 Å². The fourth-order valence-electron chi connectivity index (χ4n) is 4.16. The number of hydrogen-bond acceptors (Lipinski definition) is 18. The summed E-state index contributed by atoms with van der Waals surface area (Å²) < 4.78 is 24.1. The smallest absolute Gasteiger partial charge is 0.344 e. The Morgan fingerprint density at radius 2 is 0.925 bits per heavy atom. The third kappa shape index (κ3) is 13.0. The molecule has 0 radical (unpaired) electrons. The van der Waals surface area contributed by atoms with Gasteiger partial charge in [0, 0.05) is 13.8 Å². The van der Waals surface area contributed by atoms with Gasteiger partial charge in [-0.1, -0.05) is 39.1 Å². The van der Waals surface area contributed by atoms with Crippen LogP contribution in [0.2, 0.25) is 0 Å². The van der Waals surface area contributed by atoms with Crippen LogP contribution >= 0.6 is 0 Å². The lowest BCUT2D eigenvalue weighted by Crippen LogP contribution is -2.60. The average Bonchev–Trinajstić information content (AvgIpc) is 3.05. The van der Waals surface area contributed by atoms with Crippen LogP contribution < -0.4 is 4.74 Å². The van der Waals surface area contributed by atoms with Crippen molar-refractivity contribution in [3.8, 4) is 11.5 Å². The number of carboxylic acids is 3. The van der Waals surface area contributed by atoms with E-state index in [1.807, 2.05) is 0 Å². The average molecular weight is 763 g/mol.